The zero-order chi connectivity index (χ0) is 17.4. The smallest absolute Gasteiger partial charge is 0.336 e. The fourth-order valence-electron chi connectivity index (χ4n) is 2.65. The highest BCUT2D eigenvalue weighted by Crippen LogP contribution is 2.20. The van der Waals surface area contributed by atoms with E-state index in [-0.39, 0.29) is 0 Å². The van der Waals surface area contributed by atoms with E-state index in [1.165, 1.54) is 10.9 Å². The van der Waals surface area contributed by atoms with Crippen molar-refractivity contribution >= 4 is 22.6 Å². The maximum absolute atomic E-state index is 11.8. The summed E-state index contributed by atoms with van der Waals surface area (Å²) < 4.78 is 5.27. The highest BCUT2D eigenvalue weighted by Gasteiger charge is 2.10. The summed E-state index contributed by atoms with van der Waals surface area (Å²) in [5.41, 5.74) is 2.79. The van der Waals surface area contributed by atoms with E-state index in [1.807, 2.05) is 37.3 Å². The first kappa shape index (κ1) is 15.5. The summed E-state index contributed by atoms with van der Waals surface area (Å²) in [4.78, 5) is 13.3. The Morgan fingerprint density at radius 3 is 2.72 bits per heavy atom. The monoisotopic (exact) mass is 352 g/mol. The predicted molar refractivity (Wildman–Crippen MR) is 94.6 cm³/mol. The topological polar surface area (TPSA) is 73.8 Å². The van der Waals surface area contributed by atoms with Crippen molar-refractivity contribution < 1.29 is 4.42 Å². The van der Waals surface area contributed by atoms with Crippen molar-refractivity contribution in [2.75, 3.05) is 0 Å². The lowest BCUT2D eigenvalue weighted by Crippen LogP contribution is -2.08. The van der Waals surface area contributed by atoms with E-state index in [2.05, 4.69) is 15.4 Å². The fraction of sp³-hybridized carbons (Fsp3) is 0.111. The lowest BCUT2D eigenvalue weighted by Gasteiger charge is -2.05. The number of fused-ring (bicyclic) bond motifs is 1. The molecule has 2 aromatic carbocycles. The van der Waals surface area contributed by atoms with Crippen LogP contribution in [0.2, 0.25) is 5.02 Å². The van der Waals surface area contributed by atoms with Gasteiger partial charge in [0.1, 0.15) is 5.58 Å². The van der Waals surface area contributed by atoms with E-state index < -0.39 is 5.63 Å². The molecule has 0 unspecified atom stereocenters. The van der Waals surface area contributed by atoms with Gasteiger partial charge in [-0.2, -0.15) is 4.80 Å². The van der Waals surface area contributed by atoms with E-state index in [0.29, 0.717) is 23.0 Å². The van der Waals surface area contributed by atoms with E-state index in [9.17, 15) is 4.79 Å². The van der Waals surface area contributed by atoms with Crippen LogP contribution in [0.5, 0.6) is 0 Å². The molecule has 124 valence electrons. The standard InChI is InChI=1S/C18H13ClN4O2/c1-11-2-7-15-13(9-17(24)25-16(15)8-11)10-23-21-18(20-22-23)12-3-5-14(19)6-4-12/h2-9H,10H2,1H3. The molecule has 0 N–H and O–H groups in total. The number of tetrazole rings is 1. The van der Waals surface area contributed by atoms with Gasteiger partial charge in [0, 0.05) is 22.0 Å². The highest BCUT2D eigenvalue weighted by molar-refractivity contribution is 6.30. The van der Waals surface area contributed by atoms with Crippen LogP contribution in [0.15, 0.2) is 57.7 Å². The number of aromatic nitrogens is 4. The van der Waals surface area contributed by atoms with E-state index >= 15 is 0 Å². The maximum atomic E-state index is 11.8. The number of aryl methyl sites for hydroxylation is 1. The quantitative estimate of drug-likeness (QED) is 0.528. The number of hydrogen-bond acceptors (Lipinski definition) is 5. The largest absolute Gasteiger partial charge is 0.423 e. The Hall–Kier alpha value is -2.99. The third-order valence-electron chi connectivity index (χ3n) is 3.85. The molecule has 2 aromatic heterocycles. The van der Waals surface area contributed by atoms with Crippen molar-refractivity contribution in [1.29, 1.82) is 0 Å². The van der Waals surface area contributed by atoms with Gasteiger partial charge in [-0.05, 0) is 53.6 Å². The number of rotatable bonds is 3. The molecule has 0 aliphatic carbocycles. The van der Waals surface area contributed by atoms with Crippen LogP contribution in [0.1, 0.15) is 11.1 Å². The number of benzene rings is 2. The first-order valence-electron chi connectivity index (χ1n) is 7.66. The zero-order valence-corrected chi connectivity index (χ0v) is 14.1. The van der Waals surface area contributed by atoms with Crippen LogP contribution in [0.25, 0.3) is 22.4 Å². The summed E-state index contributed by atoms with van der Waals surface area (Å²) in [6.45, 7) is 2.27. The number of halogens is 1. The molecular weight excluding hydrogens is 340 g/mol. The minimum absolute atomic E-state index is 0.325. The van der Waals surface area contributed by atoms with E-state index in [0.717, 1.165) is 22.1 Å². The Kier molecular flexibility index (Phi) is 3.82. The van der Waals surface area contributed by atoms with Crippen molar-refractivity contribution in [3.05, 3.63) is 75.1 Å². The van der Waals surface area contributed by atoms with Crippen molar-refractivity contribution in [3.63, 3.8) is 0 Å². The van der Waals surface area contributed by atoms with Crippen LogP contribution in [0.4, 0.5) is 0 Å². The lowest BCUT2D eigenvalue weighted by molar-refractivity contribution is 0.545. The molecule has 0 spiro atoms. The molecule has 2 heterocycles. The minimum Gasteiger partial charge on any atom is -0.423 e. The molecule has 0 amide bonds. The van der Waals surface area contributed by atoms with Crippen LogP contribution in [0, 0.1) is 6.92 Å². The van der Waals surface area contributed by atoms with E-state index in [1.54, 1.807) is 12.1 Å². The lowest BCUT2D eigenvalue weighted by atomic mass is 10.1. The average Bonchev–Trinajstić information content (AvgIpc) is 3.03. The maximum Gasteiger partial charge on any atom is 0.336 e. The normalized spacial score (nSPS) is 11.1. The second-order valence-electron chi connectivity index (χ2n) is 5.74. The Morgan fingerprint density at radius 1 is 1.12 bits per heavy atom. The molecule has 7 heteroatoms. The molecule has 25 heavy (non-hydrogen) atoms. The summed E-state index contributed by atoms with van der Waals surface area (Å²) in [6, 6.07) is 14.4. The SMILES string of the molecule is Cc1ccc2c(Cn3nnc(-c4ccc(Cl)cc4)n3)cc(=O)oc2c1. The summed E-state index contributed by atoms with van der Waals surface area (Å²) in [5, 5.41) is 14.0. The van der Waals surface area contributed by atoms with Crippen molar-refractivity contribution in [2.24, 2.45) is 0 Å². The molecule has 0 aliphatic heterocycles. The van der Waals surface area contributed by atoms with Gasteiger partial charge in [-0.1, -0.05) is 23.7 Å². The molecule has 4 aromatic rings. The van der Waals surface area contributed by atoms with Gasteiger partial charge < -0.3 is 4.42 Å². The van der Waals surface area contributed by atoms with Gasteiger partial charge in [-0.25, -0.2) is 4.79 Å². The molecule has 0 aliphatic rings. The molecule has 4 rings (SSSR count). The van der Waals surface area contributed by atoms with Gasteiger partial charge in [-0.3, -0.25) is 0 Å². The fourth-order valence-corrected chi connectivity index (χ4v) is 2.77. The molecule has 0 saturated heterocycles. The molecule has 0 fully saturated rings. The van der Waals surface area contributed by atoms with Gasteiger partial charge >= 0.3 is 5.63 Å². The zero-order valence-electron chi connectivity index (χ0n) is 13.3. The van der Waals surface area contributed by atoms with Gasteiger partial charge in [-0.15, -0.1) is 10.2 Å². The van der Waals surface area contributed by atoms with Gasteiger partial charge in [0.05, 0.1) is 6.54 Å². The molecule has 0 saturated carbocycles. The van der Waals surface area contributed by atoms with E-state index in [4.69, 9.17) is 16.0 Å². The Bertz CT molecular complexity index is 1120. The van der Waals surface area contributed by atoms with Crippen molar-refractivity contribution in [1.82, 2.24) is 20.2 Å². The van der Waals surface area contributed by atoms with Gasteiger partial charge in [0.2, 0.25) is 5.82 Å². The van der Waals surface area contributed by atoms with Crippen LogP contribution in [-0.4, -0.2) is 20.2 Å². The van der Waals surface area contributed by atoms with Crippen molar-refractivity contribution in [2.45, 2.75) is 13.5 Å². The third kappa shape index (κ3) is 3.16. The van der Waals surface area contributed by atoms with Crippen LogP contribution in [0.3, 0.4) is 0 Å². The first-order chi connectivity index (χ1) is 12.1. The summed E-state index contributed by atoms with van der Waals surface area (Å²) >= 11 is 5.89. The molecule has 6 nitrogen and oxygen atoms in total. The van der Waals surface area contributed by atoms with Gasteiger partial charge in [0.25, 0.3) is 0 Å². The predicted octanol–water partition coefficient (Wildman–Crippen LogP) is 3.46. The summed E-state index contributed by atoms with van der Waals surface area (Å²) in [6.07, 6.45) is 0. The van der Waals surface area contributed by atoms with Crippen molar-refractivity contribution in [3.8, 4) is 11.4 Å². The minimum atomic E-state index is -0.397. The summed E-state index contributed by atoms with van der Waals surface area (Å²) in [7, 11) is 0. The number of hydrogen-bond donors (Lipinski definition) is 0. The first-order valence-corrected chi connectivity index (χ1v) is 8.03. The molecule has 0 radical (unpaired) electrons. The van der Waals surface area contributed by atoms with Crippen LogP contribution < -0.4 is 5.63 Å². The third-order valence-corrected chi connectivity index (χ3v) is 4.10. The Labute approximate surface area is 147 Å². The average molecular weight is 353 g/mol. The number of nitrogens with zero attached hydrogens (tertiary/aromatic N) is 4. The van der Waals surface area contributed by atoms with Crippen LogP contribution in [-0.2, 0) is 6.54 Å². The van der Waals surface area contributed by atoms with Gasteiger partial charge in [0.15, 0.2) is 0 Å². The van der Waals surface area contributed by atoms with Crippen LogP contribution >= 0.6 is 11.6 Å². The Morgan fingerprint density at radius 2 is 1.92 bits per heavy atom. The molecule has 0 bridgehead atoms. The second-order valence-corrected chi connectivity index (χ2v) is 6.18. The second kappa shape index (κ2) is 6.14. The molecule has 0 atom stereocenters. The Balaban J connectivity index is 1.70. The summed E-state index contributed by atoms with van der Waals surface area (Å²) in [5.74, 6) is 0.500. The molecular formula is C18H13ClN4O2. The highest BCUT2D eigenvalue weighted by atomic mass is 35.5.